The first kappa shape index (κ1) is 16.5. The van der Waals surface area contributed by atoms with Crippen molar-refractivity contribution in [3.05, 3.63) is 34.3 Å². The zero-order valence-electron chi connectivity index (χ0n) is 10.7. The Morgan fingerprint density at radius 1 is 1.32 bits per heavy atom. The molecule has 0 bridgehead atoms. The van der Waals surface area contributed by atoms with E-state index in [0.29, 0.717) is 12.6 Å². The molecule has 0 spiro atoms. The molecule has 0 amide bonds. The van der Waals surface area contributed by atoms with Crippen LogP contribution in [0.1, 0.15) is 31.2 Å². The van der Waals surface area contributed by atoms with Gasteiger partial charge in [0.25, 0.3) is 0 Å². The van der Waals surface area contributed by atoms with Gasteiger partial charge in [-0.2, -0.15) is 0 Å². The lowest BCUT2D eigenvalue weighted by atomic mass is 10.1. The van der Waals surface area contributed by atoms with Gasteiger partial charge >= 0.3 is 5.97 Å². The lowest BCUT2D eigenvalue weighted by molar-refractivity contribution is -0.139. The van der Waals surface area contributed by atoms with Crippen molar-refractivity contribution in [2.45, 2.75) is 38.3 Å². The quantitative estimate of drug-likeness (QED) is 0.882. The summed E-state index contributed by atoms with van der Waals surface area (Å²) in [7, 11) is 0. The molecular formula is C14H19BrClNO2. The van der Waals surface area contributed by atoms with Crippen LogP contribution in [-0.2, 0) is 11.3 Å². The molecule has 0 atom stereocenters. The Labute approximate surface area is 128 Å². The Balaban J connectivity index is 0.00000180. The number of halogens is 2. The molecule has 0 aliphatic heterocycles. The second kappa shape index (κ2) is 7.88. The van der Waals surface area contributed by atoms with E-state index < -0.39 is 5.97 Å². The van der Waals surface area contributed by atoms with Crippen LogP contribution in [0.15, 0.2) is 28.7 Å². The van der Waals surface area contributed by atoms with Crippen molar-refractivity contribution in [3.8, 4) is 0 Å². The van der Waals surface area contributed by atoms with Gasteiger partial charge in [0.1, 0.15) is 0 Å². The van der Waals surface area contributed by atoms with Crippen LogP contribution in [0.3, 0.4) is 0 Å². The van der Waals surface area contributed by atoms with E-state index >= 15 is 0 Å². The van der Waals surface area contributed by atoms with E-state index in [0.717, 1.165) is 22.9 Å². The first-order valence-corrected chi connectivity index (χ1v) is 7.15. The molecule has 0 unspecified atom stereocenters. The number of hydrogen-bond acceptors (Lipinski definition) is 2. The van der Waals surface area contributed by atoms with Gasteiger partial charge in [-0.1, -0.05) is 47.0 Å². The molecule has 1 aliphatic rings. The highest BCUT2D eigenvalue weighted by molar-refractivity contribution is 9.10. The highest BCUT2D eigenvalue weighted by atomic mass is 79.9. The summed E-state index contributed by atoms with van der Waals surface area (Å²) in [5, 5.41) is 9.04. The van der Waals surface area contributed by atoms with Gasteiger partial charge in [-0.25, -0.2) is 0 Å². The van der Waals surface area contributed by atoms with E-state index in [4.69, 9.17) is 5.11 Å². The third kappa shape index (κ3) is 4.79. The number of nitrogens with zero attached hydrogens (tertiary/aromatic N) is 1. The van der Waals surface area contributed by atoms with E-state index in [1.54, 1.807) is 0 Å². The minimum absolute atomic E-state index is 0. The summed E-state index contributed by atoms with van der Waals surface area (Å²) >= 11 is 3.53. The van der Waals surface area contributed by atoms with Crippen LogP contribution in [0, 0.1) is 0 Å². The Morgan fingerprint density at radius 3 is 2.53 bits per heavy atom. The maximum absolute atomic E-state index is 11.0. The molecule has 0 radical (unpaired) electrons. The lowest BCUT2D eigenvalue weighted by Crippen LogP contribution is -2.37. The SMILES string of the molecule is Cl.O=C(O)CN(Cc1ccccc1Br)C1CCCC1. The zero-order valence-corrected chi connectivity index (χ0v) is 13.1. The first-order chi connectivity index (χ1) is 8.66. The van der Waals surface area contributed by atoms with E-state index in [2.05, 4.69) is 20.8 Å². The minimum atomic E-state index is -0.742. The molecule has 3 nitrogen and oxygen atoms in total. The Kier molecular flexibility index (Phi) is 6.83. The summed E-state index contributed by atoms with van der Waals surface area (Å²) in [6.45, 7) is 0.838. The molecule has 2 rings (SSSR count). The number of hydrogen-bond donors (Lipinski definition) is 1. The van der Waals surface area contributed by atoms with Crippen LogP contribution in [0.2, 0.25) is 0 Å². The Morgan fingerprint density at radius 2 is 1.95 bits per heavy atom. The summed E-state index contributed by atoms with van der Waals surface area (Å²) < 4.78 is 1.05. The van der Waals surface area contributed by atoms with Crippen LogP contribution in [-0.4, -0.2) is 28.6 Å². The van der Waals surface area contributed by atoms with E-state index in [-0.39, 0.29) is 19.0 Å². The second-order valence-corrected chi connectivity index (χ2v) is 5.68. The number of aliphatic carboxylic acids is 1. The smallest absolute Gasteiger partial charge is 0.317 e. The number of carboxylic acid groups (broad SMARTS) is 1. The Hall–Kier alpha value is -0.580. The first-order valence-electron chi connectivity index (χ1n) is 6.36. The van der Waals surface area contributed by atoms with Crippen LogP contribution in [0.5, 0.6) is 0 Å². The highest BCUT2D eigenvalue weighted by Crippen LogP contribution is 2.26. The van der Waals surface area contributed by atoms with Crippen molar-refractivity contribution in [2.75, 3.05) is 6.54 Å². The molecular weight excluding hydrogens is 330 g/mol. The van der Waals surface area contributed by atoms with Crippen LogP contribution in [0.25, 0.3) is 0 Å². The van der Waals surface area contributed by atoms with E-state index in [1.165, 1.54) is 12.8 Å². The molecule has 0 heterocycles. The average Bonchev–Trinajstić information content (AvgIpc) is 2.84. The molecule has 1 aromatic rings. The van der Waals surface area contributed by atoms with Crippen molar-refractivity contribution in [1.29, 1.82) is 0 Å². The summed E-state index contributed by atoms with van der Waals surface area (Å²) in [6, 6.07) is 8.45. The highest BCUT2D eigenvalue weighted by Gasteiger charge is 2.24. The van der Waals surface area contributed by atoms with Gasteiger partial charge < -0.3 is 5.11 Å². The second-order valence-electron chi connectivity index (χ2n) is 4.83. The van der Waals surface area contributed by atoms with Crippen molar-refractivity contribution < 1.29 is 9.90 Å². The van der Waals surface area contributed by atoms with Crippen molar-refractivity contribution in [1.82, 2.24) is 4.90 Å². The number of benzene rings is 1. The molecule has 1 fully saturated rings. The molecule has 1 saturated carbocycles. The van der Waals surface area contributed by atoms with E-state index in [9.17, 15) is 4.79 Å². The fourth-order valence-electron chi connectivity index (χ4n) is 2.60. The summed E-state index contributed by atoms with van der Waals surface area (Å²) in [6.07, 6.45) is 4.68. The standard InChI is InChI=1S/C14H18BrNO2.ClH/c15-13-8-4-1-5-11(13)9-16(10-14(17)18)12-6-2-3-7-12;/h1,4-5,8,12H,2-3,6-7,9-10H2,(H,17,18);1H. The largest absolute Gasteiger partial charge is 0.480 e. The van der Waals surface area contributed by atoms with Gasteiger partial charge in [0.05, 0.1) is 6.54 Å². The van der Waals surface area contributed by atoms with Crippen LogP contribution < -0.4 is 0 Å². The third-order valence-corrected chi connectivity index (χ3v) is 4.28. The molecule has 1 aliphatic carbocycles. The van der Waals surface area contributed by atoms with Gasteiger partial charge in [0, 0.05) is 17.1 Å². The van der Waals surface area contributed by atoms with Crippen LogP contribution in [0.4, 0.5) is 0 Å². The Bertz CT molecular complexity index is 422. The monoisotopic (exact) mass is 347 g/mol. The fraction of sp³-hybridized carbons (Fsp3) is 0.500. The molecule has 19 heavy (non-hydrogen) atoms. The average molecular weight is 349 g/mol. The fourth-order valence-corrected chi connectivity index (χ4v) is 3.01. The van der Waals surface area contributed by atoms with Gasteiger partial charge in [-0.15, -0.1) is 12.4 Å². The maximum atomic E-state index is 11.0. The maximum Gasteiger partial charge on any atom is 0.317 e. The van der Waals surface area contributed by atoms with Crippen LogP contribution >= 0.6 is 28.3 Å². The van der Waals surface area contributed by atoms with Crippen molar-refractivity contribution >= 4 is 34.3 Å². The predicted octanol–water partition coefficient (Wildman–Crippen LogP) is 3.70. The molecule has 0 aromatic heterocycles. The summed E-state index contributed by atoms with van der Waals surface area (Å²) in [5.74, 6) is -0.742. The molecule has 1 N–H and O–H groups in total. The third-order valence-electron chi connectivity index (χ3n) is 3.51. The van der Waals surface area contributed by atoms with E-state index in [1.807, 2.05) is 24.3 Å². The lowest BCUT2D eigenvalue weighted by Gasteiger charge is -2.27. The molecule has 5 heteroatoms. The summed E-state index contributed by atoms with van der Waals surface area (Å²) in [5.41, 5.74) is 1.16. The predicted molar refractivity (Wildman–Crippen MR) is 81.7 cm³/mol. The zero-order chi connectivity index (χ0) is 13.0. The number of carbonyl (C=O) groups is 1. The molecule has 0 saturated heterocycles. The molecule has 106 valence electrons. The normalized spacial score (nSPS) is 15.5. The van der Waals surface area contributed by atoms with Gasteiger partial charge in [-0.3, -0.25) is 9.69 Å². The van der Waals surface area contributed by atoms with Gasteiger partial charge in [-0.05, 0) is 24.5 Å². The molecule has 1 aromatic carbocycles. The number of carboxylic acids is 1. The minimum Gasteiger partial charge on any atom is -0.480 e. The topological polar surface area (TPSA) is 40.5 Å². The van der Waals surface area contributed by atoms with Gasteiger partial charge in [0.15, 0.2) is 0 Å². The number of rotatable bonds is 5. The van der Waals surface area contributed by atoms with Crippen molar-refractivity contribution in [3.63, 3.8) is 0 Å². The summed E-state index contributed by atoms with van der Waals surface area (Å²) in [4.78, 5) is 13.1. The van der Waals surface area contributed by atoms with Gasteiger partial charge in [0.2, 0.25) is 0 Å². The van der Waals surface area contributed by atoms with Crippen molar-refractivity contribution in [2.24, 2.45) is 0 Å².